The van der Waals surface area contributed by atoms with Crippen LogP contribution in [0.5, 0.6) is 0 Å². The molecule has 0 bridgehead atoms. The van der Waals surface area contributed by atoms with E-state index < -0.39 is 10.0 Å². The molecular weight excluding hydrogens is 400 g/mol. The van der Waals surface area contributed by atoms with Gasteiger partial charge in [0, 0.05) is 31.5 Å². The molecule has 4 rings (SSSR count). The fourth-order valence-corrected chi connectivity index (χ4v) is 5.08. The Balaban J connectivity index is 1.64. The smallest absolute Gasteiger partial charge is 0.264 e. The molecule has 0 unspecified atom stereocenters. The zero-order valence-corrected chi connectivity index (χ0v) is 16.7. The van der Waals surface area contributed by atoms with Gasteiger partial charge in [0.05, 0.1) is 18.3 Å². The van der Waals surface area contributed by atoms with E-state index in [2.05, 4.69) is 13.5 Å². The standard InChI is InChI=1S/C18H18N4O4S2/c1-26-10-9-22-15-7-6-13(11-12(15)5-8-17(22)23)21-28(24,25)16-4-2-3-14-18(16)20-27-19-14/h2-4,6-7,11,21H,5,8-10H2,1H3. The van der Waals surface area contributed by atoms with Crippen LogP contribution in [0, 0.1) is 0 Å². The summed E-state index contributed by atoms with van der Waals surface area (Å²) in [5, 5.41) is 0. The Hall–Kier alpha value is -2.56. The third-order valence-electron chi connectivity index (χ3n) is 4.59. The lowest BCUT2D eigenvalue weighted by Crippen LogP contribution is -2.37. The van der Waals surface area contributed by atoms with Crippen LogP contribution in [-0.2, 0) is 26.0 Å². The number of carbonyl (C=O) groups excluding carboxylic acids is 1. The molecule has 2 aromatic carbocycles. The molecule has 1 N–H and O–H groups in total. The minimum absolute atomic E-state index is 0.0422. The van der Waals surface area contributed by atoms with Gasteiger partial charge < -0.3 is 9.64 Å². The Morgan fingerprint density at radius 1 is 1.21 bits per heavy atom. The van der Waals surface area contributed by atoms with Gasteiger partial charge in [0.2, 0.25) is 5.91 Å². The van der Waals surface area contributed by atoms with E-state index in [0.717, 1.165) is 23.0 Å². The second kappa shape index (κ2) is 7.46. The van der Waals surface area contributed by atoms with Crippen molar-refractivity contribution in [2.75, 3.05) is 29.9 Å². The number of rotatable bonds is 6. The number of fused-ring (bicyclic) bond motifs is 2. The van der Waals surface area contributed by atoms with Gasteiger partial charge in [0.15, 0.2) is 0 Å². The monoisotopic (exact) mass is 418 g/mol. The fourth-order valence-electron chi connectivity index (χ4n) is 3.26. The predicted molar refractivity (Wildman–Crippen MR) is 107 cm³/mol. The van der Waals surface area contributed by atoms with Gasteiger partial charge in [-0.25, -0.2) is 8.42 Å². The van der Waals surface area contributed by atoms with Crippen molar-refractivity contribution in [1.29, 1.82) is 0 Å². The number of carbonyl (C=O) groups is 1. The zero-order valence-electron chi connectivity index (χ0n) is 15.1. The van der Waals surface area contributed by atoms with Crippen molar-refractivity contribution >= 4 is 50.1 Å². The molecule has 146 valence electrons. The number of benzene rings is 2. The van der Waals surface area contributed by atoms with E-state index in [1.807, 2.05) is 0 Å². The van der Waals surface area contributed by atoms with Gasteiger partial charge in [0.1, 0.15) is 15.9 Å². The molecule has 0 spiro atoms. The van der Waals surface area contributed by atoms with Crippen LogP contribution in [0.2, 0.25) is 0 Å². The summed E-state index contributed by atoms with van der Waals surface area (Å²) in [6.45, 7) is 0.900. The summed E-state index contributed by atoms with van der Waals surface area (Å²) in [4.78, 5) is 14.0. The summed E-state index contributed by atoms with van der Waals surface area (Å²) >= 11 is 0.975. The van der Waals surface area contributed by atoms with E-state index in [0.29, 0.717) is 42.7 Å². The Morgan fingerprint density at radius 2 is 2.07 bits per heavy atom. The average Bonchev–Trinajstić information content (AvgIpc) is 3.15. The molecule has 1 aromatic heterocycles. The highest BCUT2D eigenvalue weighted by Gasteiger charge is 2.25. The second-order valence-electron chi connectivity index (χ2n) is 6.38. The number of hydrogen-bond acceptors (Lipinski definition) is 7. The maximum absolute atomic E-state index is 12.9. The Bertz CT molecular complexity index is 1140. The van der Waals surface area contributed by atoms with E-state index in [4.69, 9.17) is 4.74 Å². The van der Waals surface area contributed by atoms with Crippen LogP contribution >= 0.6 is 11.7 Å². The van der Waals surface area contributed by atoms with Crippen LogP contribution in [0.15, 0.2) is 41.3 Å². The highest BCUT2D eigenvalue weighted by Crippen LogP contribution is 2.31. The molecule has 3 aromatic rings. The Labute approximate surface area is 166 Å². The van der Waals surface area contributed by atoms with Crippen LogP contribution < -0.4 is 9.62 Å². The minimum atomic E-state index is -3.82. The van der Waals surface area contributed by atoms with Gasteiger partial charge in [-0.15, -0.1) is 0 Å². The first-order valence-electron chi connectivity index (χ1n) is 8.66. The van der Waals surface area contributed by atoms with Crippen molar-refractivity contribution < 1.29 is 17.9 Å². The Kier molecular flexibility index (Phi) is 5.00. The summed E-state index contributed by atoms with van der Waals surface area (Å²) in [6, 6.07) is 10.1. The first-order valence-corrected chi connectivity index (χ1v) is 10.9. The molecule has 0 saturated carbocycles. The largest absolute Gasteiger partial charge is 0.383 e. The van der Waals surface area contributed by atoms with Crippen molar-refractivity contribution in [3.63, 3.8) is 0 Å². The SMILES string of the molecule is COCCN1C(=O)CCc2cc(NS(=O)(=O)c3cccc4nsnc34)ccc21. The number of methoxy groups -OCH3 is 1. The third kappa shape index (κ3) is 3.46. The molecule has 0 atom stereocenters. The number of hydrogen-bond donors (Lipinski definition) is 1. The molecule has 1 aliphatic rings. The molecule has 1 amide bonds. The summed E-state index contributed by atoms with van der Waals surface area (Å²) in [7, 11) is -2.23. The van der Waals surface area contributed by atoms with Crippen LogP contribution in [-0.4, -0.2) is 43.3 Å². The average molecular weight is 419 g/mol. The van der Waals surface area contributed by atoms with Crippen molar-refractivity contribution in [2.45, 2.75) is 17.7 Å². The number of aromatic nitrogens is 2. The first-order chi connectivity index (χ1) is 13.5. The molecule has 8 nitrogen and oxygen atoms in total. The predicted octanol–water partition coefficient (Wildman–Crippen LogP) is 2.42. The summed E-state index contributed by atoms with van der Waals surface area (Å²) in [6.07, 6.45) is 0.954. The van der Waals surface area contributed by atoms with Crippen molar-refractivity contribution in [3.8, 4) is 0 Å². The maximum atomic E-state index is 12.9. The maximum Gasteiger partial charge on any atom is 0.264 e. The van der Waals surface area contributed by atoms with Crippen molar-refractivity contribution in [1.82, 2.24) is 8.75 Å². The normalized spacial score (nSPS) is 14.3. The fraction of sp³-hybridized carbons (Fsp3) is 0.278. The molecule has 28 heavy (non-hydrogen) atoms. The minimum Gasteiger partial charge on any atom is -0.383 e. The van der Waals surface area contributed by atoms with E-state index in [9.17, 15) is 13.2 Å². The van der Waals surface area contributed by atoms with Gasteiger partial charge in [-0.05, 0) is 42.3 Å². The van der Waals surface area contributed by atoms with E-state index in [-0.39, 0.29) is 10.8 Å². The molecular formula is C18H18N4O4S2. The lowest BCUT2D eigenvalue weighted by Gasteiger charge is -2.29. The van der Waals surface area contributed by atoms with Crippen LogP contribution in [0.25, 0.3) is 11.0 Å². The topological polar surface area (TPSA) is 101 Å². The summed E-state index contributed by atoms with van der Waals surface area (Å²) < 4.78 is 41.7. The molecule has 2 heterocycles. The van der Waals surface area contributed by atoms with Gasteiger partial charge >= 0.3 is 0 Å². The number of ether oxygens (including phenoxy) is 1. The third-order valence-corrected chi connectivity index (χ3v) is 6.54. The van der Waals surface area contributed by atoms with Gasteiger partial charge in [-0.2, -0.15) is 8.75 Å². The molecule has 0 radical (unpaired) electrons. The summed E-state index contributed by atoms with van der Waals surface area (Å²) in [5.74, 6) is 0.0422. The number of nitrogens with one attached hydrogen (secondary N) is 1. The van der Waals surface area contributed by atoms with Crippen molar-refractivity contribution in [3.05, 3.63) is 42.0 Å². The number of nitrogens with zero attached hydrogens (tertiary/aromatic N) is 3. The van der Waals surface area contributed by atoms with Gasteiger partial charge in [-0.3, -0.25) is 9.52 Å². The highest BCUT2D eigenvalue weighted by atomic mass is 32.2. The highest BCUT2D eigenvalue weighted by molar-refractivity contribution is 7.93. The second-order valence-corrected chi connectivity index (χ2v) is 8.55. The van der Waals surface area contributed by atoms with E-state index in [1.54, 1.807) is 42.3 Å². The van der Waals surface area contributed by atoms with Crippen molar-refractivity contribution in [2.24, 2.45) is 0 Å². The molecule has 1 aliphatic heterocycles. The number of aryl methyl sites for hydroxylation is 1. The van der Waals surface area contributed by atoms with E-state index in [1.165, 1.54) is 6.07 Å². The quantitative estimate of drug-likeness (QED) is 0.660. The molecule has 0 aliphatic carbocycles. The molecule has 10 heteroatoms. The van der Waals surface area contributed by atoms with Crippen LogP contribution in [0.1, 0.15) is 12.0 Å². The number of amides is 1. The first kappa shape index (κ1) is 18.8. The lowest BCUT2D eigenvalue weighted by molar-refractivity contribution is -0.119. The number of anilines is 2. The van der Waals surface area contributed by atoms with E-state index >= 15 is 0 Å². The molecule has 0 saturated heterocycles. The summed E-state index contributed by atoms with van der Waals surface area (Å²) in [5.41, 5.74) is 3.06. The Morgan fingerprint density at radius 3 is 2.89 bits per heavy atom. The van der Waals surface area contributed by atoms with Crippen LogP contribution in [0.4, 0.5) is 11.4 Å². The number of sulfonamides is 1. The van der Waals surface area contributed by atoms with Gasteiger partial charge in [-0.1, -0.05) is 6.07 Å². The zero-order chi connectivity index (χ0) is 19.7. The molecule has 0 fully saturated rings. The van der Waals surface area contributed by atoms with Crippen LogP contribution in [0.3, 0.4) is 0 Å². The lowest BCUT2D eigenvalue weighted by atomic mass is 10.0. The van der Waals surface area contributed by atoms with Gasteiger partial charge in [0.25, 0.3) is 10.0 Å².